The average molecular weight is 337 g/mol. The number of hydrogen-bond donors (Lipinski definition) is 2. The van der Waals surface area contributed by atoms with Gasteiger partial charge in [-0.15, -0.1) is 0 Å². The molecule has 0 spiro atoms. The van der Waals surface area contributed by atoms with Crippen molar-refractivity contribution in [3.05, 3.63) is 59.2 Å². The second-order valence-electron chi connectivity index (χ2n) is 6.61. The molecular weight excluding hydrogens is 314 g/mol. The number of para-hydroxylation sites is 1. The number of rotatable bonds is 3. The zero-order chi connectivity index (χ0) is 18.0. The molecule has 2 aromatic rings. The van der Waals surface area contributed by atoms with Crippen LogP contribution in [0.5, 0.6) is 0 Å². The van der Waals surface area contributed by atoms with Crippen molar-refractivity contribution in [3.8, 4) is 0 Å². The molecule has 0 unspecified atom stereocenters. The Kier molecular flexibility index (Phi) is 4.74. The number of amides is 3. The van der Waals surface area contributed by atoms with E-state index in [2.05, 4.69) is 10.6 Å². The summed E-state index contributed by atoms with van der Waals surface area (Å²) in [5, 5.41) is 5.84. The van der Waals surface area contributed by atoms with Crippen molar-refractivity contribution in [2.45, 2.75) is 33.2 Å². The molecule has 0 saturated carbocycles. The van der Waals surface area contributed by atoms with Gasteiger partial charge in [-0.1, -0.05) is 35.9 Å². The summed E-state index contributed by atoms with van der Waals surface area (Å²) in [6.07, 6.45) is 0.314. The maximum Gasteiger partial charge on any atom is 0.319 e. The van der Waals surface area contributed by atoms with Gasteiger partial charge in [-0.3, -0.25) is 4.79 Å². The Labute approximate surface area is 148 Å². The first-order chi connectivity index (χ1) is 11.9. The third-order valence-corrected chi connectivity index (χ3v) is 4.44. The fourth-order valence-corrected chi connectivity index (χ4v) is 3.37. The van der Waals surface area contributed by atoms with E-state index in [1.165, 1.54) is 5.56 Å². The van der Waals surface area contributed by atoms with E-state index in [-0.39, 0.29) is 18.0 Å². The smallest absolute Gasteiger partial charge is 0.319 e. The Hall–Kier alpha value is -2.82. The lowest BCUT2D eigenvalue weighted by atomic mass is 10.1. The maximum absolute atomic E-state index is 12.4. The minimum Gasteiger partial charge on any atom is -0.333 e. The molecule has 1 atom stereocenters. The van der Waals surface area contributed by atoms with Crippen molar-refractivity contribution in [3.63, 3.8) is 0 Å². The normalized spacial score (nSPS) is 16.8. The lowest BCUT2D eigenvalue weighted by molar-refractivity contribution is -0.117. The van der Waals surface area contributed by atoms with Crippen molar-refractivity contribution in [2.75, 3.05) is 16.8 Å². The fraction of sp³-hybridized carbons (Fsp3) is 0.300. The van der Waals surface area contributed by atoms with E-state index < -0.39 is 0 Å². The van der Waals surface area contributed by atoms with E-state index in [9.17, 15) is 9.59 Å². The molecule has 25 heavy (non-hydrogen) atoms. The standard InChI is InChI=1S/C20H23N3O2/c1-13-9-14(2)19(15(3)10-13)22-20(25)21-16-11-18(24)23(12-16)17-7-5-4-6-8-17/h4-10,16H,11-12H2,1-3H3,(H2,21,22,25)/t16-/m1/s1. The molecule has 1 aliphatic rings. The molecule has 1 saturated heterocycles. The minimum absolute atomic E-state index is 0.0270. The number of hydrogen-bond acceptors (Lipinski definition) is 2. The van der Waals surface area contributed by atoms with Gasteiger partial charge in [0.1, 0.15) is 0 Å². The Bertz CT molecular complexity index is 779. The van der Waals surface area contributed by atoms with Crippen LogP contribution in [0.3, 0.4) is 0 Å². The van der Waals surface area contributed by atoms with E-state index in [4.69, 9.17) is 0 Å². The fourth-order valence-electron chi connectivity index (χ4n) is 3.37. The summed E-state index contributed by atoms with van der Waals surface area (Å²) < 4.78 is 0. The minimum atomic E-state index is -0.275. The van der Waals surface area contributed by atoms with Gasteiger partial charge < -0.3 is 15.5 Å². The number of benzene rings is 2. The van der Waals surface area contributed by atoms with Crippen LogP contribution in [-0.4, -0.2) is 24.5 Å². The van der Waals surface area contributed by atoms with E-state index in [0.29, 0.717) is 13.0 Å². The Balaban J connectivity index is 1.64. The van der Waals surface area contributed by atoms with Crippen LogP contribution in [-0.2, 0) is 4.79 Å². The quantitative estimate of drug-likeness (QED) is 0.900. The van der Waals surface area contributed by atoms with Crippen LogP contribution < -0.4 is 15.5 Å². The lowest BCUT2D eigenvalue weighted by Gasteiger charge is -2.18. The summed E-state index contributed by atoms with van der Waals surface area (Å²) in [6, 6.07) is 13.1. The van der Waals surface area contributed by atoms with Crippen molar-refractivity contribution in [1.29, 1.82) is 0 Å². The SMILES string of the molecule is Cc1cc(C)c(NC(=O)N[C@@H]2CC(=O)N(c3ccccc3)C2)c(C)c1. The molecule has 0 aliphatic carbocycles. The van der Waals surface area contributed by atoms with Gasteiger partial charge >= 0.3 is 6.03 Å². The highest BCUT2D eigenvalue weighted by Gasteiger charge is 2.31. The first-order valence-corrected chi connectivity index (χ1v) is 8.45. The van der Waals surface area contributed by atoms with Crippen LogP contribution in [0, 0.1) is 20.8 Å². The third kappa shape index (κ3) is 3.82. The number of nitrogens with one attached hydrogen (secondary N) is 2. The molecule has 3 rings (SSSR count). The van der Waals surface area contributed by atoms with Crippen molar-refractivity contribution in [2.24, 2.45) is 0 Å². The summed E-state index contributed by atoms with van der Waals surface area (Å²) in [5.41, 5.74) is 4.91. The average Bonchev–Trinajstić information content (AvgIpc) is 2.92. The van der Waals surface area contributed by atoms with Crippen LogP contribution >= 0.6 is 0 Å². The monoisotopic (exact) mass is 337 g/mol. The molecule has 0 radical (unpaired) electrons. The highest BCUT2D eigenvalue weighted by Crippen LogP contribution is 2.23. The molecule has 2 N–H and O–H groups in total. The van der Waals surface area contributed by atoms with Gasteiger partial charge in [-0.2, -0.15) is 0 Å². The molecule has 5 nitrogen and oxygen atoms in total. The molecule has 1 fully saturated rings. The van der Waals surface area contributed by atoms with Gasteiger partial charge in [0.15, 0.2) is 0 Å². The van der Waals surface area contributed by atoms with Crippen LogP contribution in [0.2, 0.25) is 0 Å². The van der Waals surface area contributed by atoms with Crippen molar-refractivity contribution >= 4 is 23.3 Å². The third-order valence-electron chi connectivity index (χ3n) is 4.44. The van der Waals surface area contributed by atoms with E-state index >= 15 is 0 Å². The molecule has 1 heterocycles. The number of carbonyl (C=O) groups is 2. The van der Waals surface area contributed by atoms with Gasteiger partial charge in [0.2, 0.25) is 5.91 Å². The van der Waals surface area contributed by atoms with Crippen LogP contribution in [0.15, 0.2) is 42.5 Å². The van der Waals surface area contributed by atoms with Crippen molar-refractivity contribution in [1.82, 2.24) is 5.32 Å². The van der Waals surface area contributed by atoms with E-state index in [1.54, 1.807) is 4.90 Å². The Morgan fingerprint density at radius 1 is 1.08 bits per heavy atom. The van der Waals surface area contributed by atoms with Crippen LogP contribution in [0.4, 0.5) is 16.2 Å². The van der Waals surface area contributed by atoms with Crippen LogP contribution in [0.25, 0.3) is 0 Å². The predicted molar refractivity (Wildman–Crippen MR) is 100 cm³/mol. The molecule has 5 heteroatoms. The Morgan fingerprint density at radius 2 is 1.72 bits per heavy atom. The lowest BCUT2D eigenvalue weighted by Crippen LogP contribution is -2.40. The molecule has 3 amide bonds. The van der Waals surface area contributed by atoms with Gasteiger partial charge in [-0.25, -0.2) is 4.79 Å². The van der Waals surface area contributed by atoms with Gasteiger partial charge in [0.05, 0.1) is 6.04 Å². The number of anilines is 2. The first-order valence-electron chi connectivity index (χ1n) is 8.45. The summed E-state index contributed by atoms with van der Waals surface area (Å²) in [4.78, 5) is 26.3. The maximum atomic E-state index is 12.4. The van der Waals surface area contributed by atoms with Gasteiger partial charge in [0, 0.05) is 24.3 Å². The number of carbonyl (C=O) groups excluding carboxylic acids is 2. The second kappa shape index (κ2) is 6.97. The zero-order valence-electron chi connectivity index (χ0n) is 14.8. The number of aryl methyl sites for hydroxylation is 3. The molecule has 0 bridgehead atoms. The van der Waals surface area contributed by atoms with E-state index in [0.717, 1.165) is 22.5 Å². The number of urea groups is 1. The molecular formula is C20H23N3O2. The van der Waals surface area contributed by atoms with Crippen LogP contribution in [0.1, 0.15) is 23.1 Å². The summed E-state index contributed by atoms with van der Waals surface area (Å²) in [6.45, 7) is 6.48. The topological polar surface area (TPSA) is 61.4 Å². The highest BCUT2D eigenvalue weighted by molar-refractivity contribution is 5.98. The number of nitrogens with zero attached hydrogens (tertiary/aromatic N) is 1. The first kappa shape index (κ1) is 17.0. The predicted octanol–water partition coefficient (Wildman–Crippen LogP) is 3.54. The van der Waals surface area contributed by atoms with Gasteiger partial charge in [-0.05, 0) is 44.0 Å². The molecule has 130 valence electrons. The van der Waals surface area contributed by atoms with Crippen molar-refractivity contribution < 1.29 is 9.59 Å². The molecule has 0 aromatic heterocycles. The molecule has 2 aromatic carbocycles. The highest BCUT2D eigenvalue weighted by atomic mass is 16.2. The second-order valence-corrected chi connectivity index (χ2v) is 6.61. The zero-order valence-corrected chi connectivity index (χ0v) is 14.8. The van der Waals surface area contributed by atoms with E-state index in [1.807, 2.05) is 63.2 Å². The summed E-state index contributed by atoms with van der Waals surface area (Å²) in [5.74, 6) is 0.0270. The largest absolute Gasteiger partial charge is 0.333 e. The molecule has 1 aliphatic heterocycles. The summed E-state index contributed by atoms with van der Waals surface area (Å²) >= 11 is 0. The van der Waals surface area contributed by atoms with Gasteiger partial charge in [0.25, 0.3) is 0 Å². The Morgan fingerprint density at radius 3 is 2.36 bits per heavy atom. The summed E-state index contributed by atoms with van der Waals surface area (Å²) in [7, 11) is 0.